The minimum absolute atomic E-state index is 0.130. The van der Waals surface area contributed by atoms with E-state index in [1.165, 1.54) is 5.56 Å². The average molecular weight is 288 g/mol. The number of oxazole rings is 1. The van der Waals surface area contributed by atoms with Gasteiger partial charge in [-0.1, -0.05) is 26.8 Å². The molecule has 0 bridgehead atoms. The van der Waals surface area contributed by atoms with E-state index in [0.29, 0.717) is 12.6 Å². The first-order valence-electron chi connectivity index (χ1n) is 7.73. The maximum absolute atomic E-state index is 5.81. The zero-order valence-electron chi connectivity index (χ0n) is 13.1. The second-order valence-electron chi connectivity index (χ2n) is 6.84. The molecule has 1 aromatic carbocycles. The van der Waals surface area contributed by atoms with Crippen LogP contribution in [0.4, 0.5) is 0 Å². The summed E-state index contributed by atoms with van der Waals surface area (Å²) in [4.78, 5) is 4.60. The van der Waals surface area contributed by atoms with Gasteiger partial charge in [0.05, 0.1) is 13.2 Å². The Morgan fingerprint density at radius 1 is 1.33 bits per heavy atom. The van der Waals surface area contributed by atoms with Crippen LogP contribution in [0, 0.1) is 0 Å². The SMILES string of the molecule is CC(C)(C)c1ccc2oc(CNC3CCCOC3)nc2c1. The highest BCUT2D eigenvalue weighted by molar-refractivity contribution is 5.73. The van der Waals surface area contributed by atoms with Gasteiger partial charge < -0.3 is 14.5 Å². The Hall–Kier alpha value is -1.39. The number of ether oxygens (including phenoxy) is 1. The number of fused-ring (bicyclic) bond motifs is 1. The molecule has 1 atom stereocenters. The molecule has 1 aliphatic rings. The third-order valence-electron chi connectivity index (χ3n) is 4.00. The molecule has 1 aromatic heterocycles. The highest BCUT2D eigenvalue weighted by Gasteiger charge is 2.17. The number of rotatable bonds is 3. The quantitative estimate of drug-likeness (QED) is 0.940. The maximum Gasteiger partial charge on any atom is 0.209 e. The molecule has 0 radical (unpaired) electrons. The van der Waals surface area contributed by atoms with E-state index in [1.807, 2.05) is 6.07 Å². The van der Waals surface area contributed by atoms with Crippen LogP contribution in [0.1, 0.15) is 45.1 Å². The summed E-state index contributed by atoms with van der Waals surface area (Å²) in [6, 6.07) is 6.70. The highest BCUT2D eigenvalue weighted by atomic mass is 16.5. The average Bonchev–Trinajstić information content (AvgIpc) is 2.87. The first kappa shape index (κ1) is 14.5. The molecule has 4 nitrogen and oxygen atoms in total. The van der Waals surface area contributed by atoms with Crippen LogP contribution in [-0.4, -0.2) is 24.2 Å². The monoisotopic (exact) mass is 288 g/mol. The molecule has 0 amide bonds. The number of hydrogen-bond acceptors (Lipinski definition) is 4. The van der Waals surface area contributed by atoms with Gasteiger partial charge in [-0.15, -0.1) is 0 Å². The number of benzene rings is 1. The topological polar surface area (TPSA) is 47.3 Å². The van der Waals surface area contributed by atoms with Gasteiger partial charge in [-0.2, -0.15) is 0 Å². The van der Waals surface area contributed by atoms with E-state index in [-0.39, 0.29) is 5.41 Å². The largest absolute Gasteiger partial charge is 0.439 e. The van der Waals surface area contributed by atoms with Gasteiger partial charge in [-0.05, 0) is 36.0 Å². The second-order valence-corrected chi connectivity index (χ2v) is 6.84. The molecule has 4 heteroatoms. The van der Waals surface area contributed by atoms with E-state index >= 15 is 0 Å². The molecule has 1 fully saturated rings. The maximum atomic E-state index is 5.81. The highest BCUT2D eigenvalue weighted by Crippen LogP contribution is 2.26. The fraction of sp³-hybridized carbons (Fsp3) is 0.588. The summed E-state index contributed by atoms with van der Waals surface area (Å²) >= 11 is 0. The molecule has 0 spiro atoms. The van der Waals surface area contributed by atoms with Crippen molar-refractivity contribution < 1.29 is 9.15 Å². The van der Waals surface area contributed by atoms with Gasteiger partial charge in [0.25, 0.3) is 0 Å². The van der Waals surface area contributed by atoms with E-state index in [4.69, 9.17) is 9.15 Å². The Kier molecular flexibility index (Phi) is 4.00. The van der Waals surface area contributed by atoms with Crippen LogP contribution in [0.15, 0.2) is 22.6 Å². The lowest BCUT2D eigenvalue weighted by Crippen LogP contribution is -2.36. The fourth-order valence-corrected chi connectivity index (χ4v) is 2.65. The lowest BCUT2D eigenvalue weighted by molar-refractivity contribution is 0.0692. The Bertz CT molecular complexity index is 607. The zero-order chi connectivity index (χ0) is 14.9. The van der Waals surface area contributed by atoms with Gasteiger partial charge in [0.2, 0.25) is 5.89 Å². The molecule has 1 unspecified atom stereocenters. The molecule has 0 saturated carbocycles. The van der Waals surface area contributed by atoms with Crippen molar-refractivity contribution in [1.29, 1.82) is 0 Å². The van der Waals surface area contributed by atoms with Crippen LogP contribution < -0.4 is 5.32 Å². The first-order valence-corrected chi connectivity index (χ1v) is 7.73. The van der Waals surface area contributed by atoms with Crippen molar-refractivity contribution in [3.8, 4) is 0 Å². The molecule has 1 aliphatic heterocycles. The summed E-state index contributed by atoms with van der Waals surface area (Å²) in [5, 5.41) is 3.46. The van der Waals surface area contributed by atoms with E-state index in [9.17, 15) is 0 Å². The van der Waals surface area contributed by atoms with Crippen LogP contribution >= 0.6 is 0 Å². The van der Waals surface area contributed by atoms with Crippen LogP contribution in [0.3, 0.4) is 0 Å². The Balaban J connectivity index is 1.71. The van der Waals surface area contributed by atoms with Crippen LogP contribution in [-0.2, 0) is 16.7 Å². The molecule has 21 heavy (non-hydrogen) atoms. The van der Waals surface area contributed by atoms with Gasteiger partial charge in [-0.3, -0.25) is 0 Å². The predicted molar refractivity (Wildman–Crippen MR) is 83.4 cm³/mol. The Morgan fingerprint density at radius 3 is 2.90 bits per heavy atom. The molecule has 2 aromatic rings. The summed E-state index contributed by atoms with van der Waals surface area (Å²) in [7, 11) is 0. The van der Waals surface area contributed by atoms with E-state index in [0.717, 1.165) is 43.0 Å². The molecule has 1 N–H and O–H groups in total. The minimum atomic E-state index is 0.130. The van der Waals surface area contributed by atoms with Crippen molar-refractivity contribution in [2.75, 3.05) is 13.2 Å². The van der Waals surface area contributed by atoms with E-state index in [2.05, 4.69) is 43.2 Å². The van der Waals surface area contributed by atoms with Crippen LogP contribution in [0.2, 0.25) is 0 Å². The lowest BCUT2D eigenvalue weighted by Gasteiger charge is -2.22. The number of nitrogens with zero attached hydrogens (tertiary/aromatic N) is 1. The van der Waals surface area contributed by atoms with Gasteiger partial charge >= 0.3 is 0 Å². The predicted octanol–water partition coefficient (Wildman–Crippen LogP) is 3.39. The standard InChI is InChI=1S/C17H24N2O2/c1-17(2,3)12-6-7-15-14(9-12)19-16(21-15)10-18-13-5-4-8-20-11-13/h6-7,9,13,18H,4-5,8,10-11H2,1-3H3. The van der Waals surface area contributed by atoms with Crippen molar-refractivity contribution >= 4 is 11.1 Å². The third kappa shape index (κ3) is 3.44. The number of nitrogens with one attached hydrogen (secondary N) is 1. The van der Waals surface area contributed by atoms with Crippen molar-refractivity contribution in [3.05, 3.63) is 29.7 Å². The fourth-order valence-electron chi connectivity index (χ4n) is 2.65. The van der Waals surface area contributed by atoms with Crippen LogP contribution in [0.25, 0.3) is 11.1 Å². The molecule has 114 valence electrons. The van der Waals surface area contributed by atoms with Crippen LogP contribution in [0.5, 0.6) is 0 Å². The van der Waals surface area contributed by atoms with Crippen molar-refractivity contribution in [1.82, 2.24) is 10.3 Å². The molecule has 3 rings (SSSR count). The van der Waals surface area contributed by atoms with Gasteiger partial charge in [-0.25, -0.2) is 4.98 Å². The molecular formula is C17H24N2O2. The lowest BCUT2D eigenvalue weighted by atomic mass is 9.87. The Morgan fingerprint density at radius 2 is 2.19 bits per heavy atom. The molecule has 0 aliphatic carbocycles. The van der Waals surface area contributed by atoms with Crippen molar-refractivity contribution in [3.63, 3.8) is 0 Å². The Labute approximate surface area is 125 Å². The van der Waals surface area contributed by atoms with Crippen molar-refractivity contribution in [2.24, 2.45) is 0 Å². The van der Waals surface area contributed by atoms with Gasteiger partial charge in [0, 0.05) is 12.6 Å². The first-order chi connectivity index (χ1) is 10.0. The van der Waals surface area contributed by atoms with Gasteiger partial charge in [0.15, 0.2) is 5.58 Å². The number of hydrogen-bond donors (Lipinski definition) is 1. The van der Waals surface area contributed by atoms with E-state index < -0.39 is 0 Å². The molecule has 2 heterocycles. The molecule has 1 saturated heterocycles. The summed E-state index contributed by atoms with van der Waals surface area (Å²) in [5.74, 6) is 0.752. The summed E-state index contributed by atoms with van der Waals surface area (Å²) in [6.07, 6.45) is 2.29. The second kappa shape index (κ2) is 5.78. The normalized spacial score (nSPS) is 20.0. The zero-order valence-corrected chi connectivity index (χ0v) is 13.1. The summed E-state index contributed by atoms with van der Waals surface area (Å²) < 4.78 is 11.3. The third-order valence-corrected chi connectivity index (χ3v) is 4.00. The smallest absolute Gasteiger partial charge is 0.209 e. The summed E-state index contributed by atoms with van der Waals surface area (Å²) in [5.41, 5.74) is 3.22. The minimum Gasteiger partial charge on any atom is -0.439 e. The molecular weight excluding hydrogens is 264 g/mol. The summed E-state index contributed by atoms with van der Waals surface area (Å²) in [6.45, 7) is 8.96. The van der Waals surface area contributed by atoms with Gasteiger partial charge in [0.1, 0.15) is 5.52 Å². The van der Waals surface area contributed by atoms with E-state index in [1.54, 1.807) is 0 Å². The van der Waals surface area contributed by atoms with Crippen molar-refractivity contribution in [2.45, 2.75) is 51.6 Å². The number of aromatic nitrogens is 1.